The lowest BCUT2D eigenvalue weighted by Crippen LogP contribution is -2.24. The van der Waals surface area contributed by atoms with Gasteiger partial charge < -0.3 is 15.3 Å². The molecule has 4 nitrogen and oxygen atoms in total. The molecule has 0 aromatic rings. The molecule has 0 aliphatic heterocycles. The Morgan fingerprint density at radius 2 is 2.00 bits per heavy atom. The monoisotopic (exact) mass is 148 g/mol. The van der Waals surface area contributed by atoms with Gasteiger partial charge in [0, 0.05) is 6.42 Å². The van der Waals surface area contributed by atoms with Crippen LogP contribution < -0.4 is 0 Å². The highest BCUT2D eigenvalue weighted by Gasteiger charge is 2.16. The van der Waals surface area contributed by atoms with Gasteiger partial charge in [-0.1, -0.05) is 6.92 Å². The quantitative estimate of drug-likeness (QED) is 0.506. The van der Waals surface area contributed by atoms with Gasteiger partial charge in [0.05, 0.1) is 6.10 Å². The molecule has 0 spiro atoms. The van der Waals surface area contributed by atoms with E-state index in [1.165, 1.54) is 0 Å². The van der Waals surface area contributed by atoms with E-state index in [4.69, 9.17) is 15.3 Å². The van der Waals surface area contributed by atoms with Crippen molar-refractivity contribution in [3.63, 3.8) is 0 Å². The summed E-state index contributed by atoms with van der Waals surface area (Å²) in [7, 11) is 0. The van der Waals surface area contributed by atoms with Crippen LogP contribution in [0.4, 0.5) is 0 Å². The normalized spacial score (nSPS) is 16.3. The Morgan fingerprint density at radius 1 is 1.50 bits per heavy atom. The van der Waals surface area contributed by atoms with E-state index in [1.807, 2.05) is 0 Å². The van der Waals surface area contributed by atoms with Crippen molar-refractivity contribution in [3.8, 4) is 0 Å². The van der Waals surface area contributed by atoms with E-state index in [2.05, 4.69) is 0 Å². The Morgan fingerprint density at radius 3 is 2.30 bits per heavy atom. The summed E-state index contributed by atoms with van der Waals surface area (Å²) in [4.78, 5) is 9.99. The molecule has 0 amide bonds. The lowest BCUT2D eigenvalue weighted by atomic mass is 10.1. The number of carboxylic acid groups (broad SMARTS) is 1. The van der Waals surface area contributed by atoms with Crippen LogP contribution in [0, 0.1) is 0 Å². The molecule has 0 aromatic carbocycles. The van der Waals surface area contributed by atoms with Gasteiger partial charge in [0.1, 0.15) is 0 Å². The van der Waals surface area contributed by atoms with Crippen molar-refractivity contribution in [2.45, 2.75) is 32.0 Å². The second kappa shape index (κ2) is 4.24. The van der Waals surface area contributed by atoms with Gasteiger partial charge in [0.25, 0.3) is 0 Å². The number of aliphatic hydroxyl groups excluding tert-OH is 2. The molecule has 0 rings (SSSR count). The van der Waals surface area contributed by atoms with E-state index in [0.29, 0.717) is 6.42 Å². The molecule has 0 saturated heterocycles. The van der Waals surface area contributed by atoms with E-state index >= 15 is 0 Å². The summed E-state index contributed by atoms with van der Waals surface area (Å²) in [5, 5.41) is 25.7. The molecule has 0 radical (unpaired) electrons. The van der Waals surface area contributed by atoms with Gasteiger partial charge in [-0.05, 0) is 6.42 Å². The third-order valence-electron chi connectivity index (χ3n) is 1.25. The fourth-order valence-electron chi connectivity index (χ4n) is 0.525. The molecule has 10 heavy (non-hydrogen) atoms. The molecule has 0 heterocycles. The van der Waals surface area contributed by atoms with Gasteiger partial charge in [-0.15, -0.1) is 0 Å². The summed E-state index contributed by atoms with van der Waals surface area (Å²) in [5.41, 5.74) is 0. The minimum atomic E-state index is -1.44. The van der Waals surface area contributed by atoms with Crippen LogP contribution in [0.1, 0.15) is 19.8 Å². The van der Waals surface area contributed by atoms with Crippen LogP contribution >= 0.6 is 0 Å². The summed E-state index contributed by atoms with van der Waals surface area (Å²) in [6, 6.07) is 0. The largest absolute Gasteiger partial charge is 0.479 e. The highest BCUT2D eigenvalue weighted by molar-refractivity contribution is 5.71. The SMILES string of the molecule is CCC(O)CC(O)C(=O)O. The Bertz CT molecular complexity index is 112. The predicted molar refractivity (Wildman–Crippen MR) is 34.6 cm³/mol. The number of aliphatic hydroxyl groups is 2. The molecule has 0 saturated carbocycles. The van der Waals surface area contributed by atoms with Crippen LogP contribution in [0.3, 0.4) is 0 Å². The minimum absolute atomic E-state index is 0.0914. The van der Waals surface area contributed by atoms with Crippen molar-refractivity contribution in [3.05, 3.63) is 0 Å². The van der Waals surface area contributed by atoms with Gasteiger partial charge in [0.2, 0.25) is 0 Å². The molecule has 0 aromatic heterocycles. The molecular weight excluding hydrogens is 136 g/mol. The van der Waals surface area contributed by atoms with Crippen molar-refractivity contribution in [2.24, 2.45) is 0 Å². The van der Waals surface area contributed by atoms with Crippen molar-refractivity contribution >= 4 is 5.97 Å². The first kappa shape index (κ1) is 9.39. The molecule has 3 N–H and O–H groups in total. The van der Waals surface area contributed by atoms with E-state index in [-0.39, 0.29) is 6.42 Å². The van der Waals surface area contributed by atoms with Crippen molar-refractivity contribution in [2.75, 3.05) is 0 Å². The molecule has 4 heteroatoms. The third-order valence-corrected chi connectivity index (χ3v) is 1.25. The smallest absolute Gasteiger partial charge is 0.332 e. The molecule has 60 valence electrons. The minimum Gasteiger partial charge on any atom is -0.479 e. The Balaban J connectivity index is 3.56. The van der Waals surface area contributed by atoms with Gasteiger partial charge in [-0.2, -0.15) is 0 Å². The first-order chi connectivity index (χ1) is 4.57. The average Bonchev–Trinajstić information content (AvgIpc) is 1.87. The average molecular weight is 148 g/mol. The maximum Gasteiger partial charge on any atom is 0.332 e. The lowest BCUT2D eigenvalue weighted by molar-refractivity contribution is -0.148. The highest BCUT2D eigenvalue weighted by Crippen LogP contribution is 2.01. The van der Waals surface area contributed by atoms with Gasteiger partial charge >= 0.3 is 5.97 Å². The number of hydrogen-bond acceptors (Lipinski definition) is 3. The van der Waals surface area contributed by atoms with Crippen LogP contribution in [-0.2, 0) is 4.79 Å². The molecule has 0 aliphatic rings. The zero-order valence-electron chi connectivity index (χ0n) is 5.82. The first-order valence-corrected chi connectivity index (χ1v) is 3.16. The summed E-state index contributed by atoms with van der Waals surface area (Å²) < 4.78 is 0. The zero-order chi connectivity index (χ0) is 8.15. The van der Waals surface area contributed by atoms with E-state index < -0.39 is 18.2 Å². The van der Waals surface area contributed by atoms with E-state index in [1.54, 1.807) is 6.92 Å². The Kier molecular flexibility index (Phi) is 3.99. The zero-order valence-corrected chi connectivity index (χ0v) is 5.82. The van der Waals surface area contributed by atoms with Crippen LogP contribution in [-0.4, -0.2) is 33.5 Å². The molecular formula is C6H12O4. The molecule has 0 bridgehead atoms. The molecule has 0 fully saturated rings. The Labute approximate surface area is 59.1 Å². The molecule has 2 unspecified atom stereocenters. The number of rotatable bonds is 4. The maximum absolute atomic E-state index is 9.99. The van der Waals surface area contributed by atoms with Crippen molar-refractivity contribution in [1.29, 1.82) is 0 Å². The van der Waals surface area contributed by atoms with E-state index in [0.717, 1.165) is 0 Å². The lowest BCUT2D eigenvalue weighted by Gasteiger charge is -2.09. The van der Waals surface area contributed by atoms with Gasteiger partial charge in [-0.25, -0.2) is 4.79 Å². The number of carbonyl (C=O) groups is 1. The third kappa shape index (κ3) is 3.42. The maximum atomic E-state index is 9.99. The van der Waals surface area contributed by atoms with Gasteiger partial charge in [0.15, 0.2) is 6.10 Å². The van der Waals surface area contributed by atoms with E-state index in [9.17, 15) is 4.79 Å². The van der Waals surface area contributed by atoms with Crippen LogP contribution in [0.5, 0.6) is 0 Å². The first-order valence-electron chi connectivity index (χ1n) is 3.16. The second-order valence-corrected chi connectivity index (χ2v) is 2.15. The fourth-order valence-corrected chi connectivity index (χ4v) is 0.525. The van der Waals surface area contributed by atoms with Crippen LogP contribution in [0.2, 0.25) is 0 Å². The summed E-state index contributed by atoms with van der Waals surface area (Å²) in [6.07, 6.45) is -1.78. The summed E-state index contributed by atoms with van der Waals surface area (Å²) in [5.74, 6) is -1.28. The fraction of sp³-hybridized carbons (Fsp3) is 0.833. The molecule has 2 atom stereocenters. The highest BCUT2D eigenvalue weighted by atomic mass is 16.4. The van der Waals surface area contributed by atoms with Gasteiger partial charge in [-0.3, -0.25) is 0 Å². The second-order valence-electron chi connectivity index (χ2n) is 2.15. The van der Waals surface area contributed by atoms with Crippen molar-refractivity contribution in [1.82, 2.24) is 0 Å². The van der Waals surface area contributed by atoms with Crippen LogP contribution in [0.15, 0.2) is 0 Å². The standard InChI is InChI=1S/C6H12O4/c1-2-4(7)3-5(8)6(9)10/h4-5,7-8H,2-3H2,1H3,(H,9,10). The Hall–Kier alpha value is -0.610. The molecule has 0 aliphatic carbocycles. The number of hydrogen-bond donors (Lipinski definition) is 3. The predicted octanol–water partition coefficient (Wildman–Crippen LogP) is -0.407. The summed E-state index contributed by atoms with van der Waals surface area (Å²) >= 11 is 0. The summed E-state index contributed by atoms with van der Waals surface area (Å²) in [6.45, 7) is 1.72. The number of aliphatic carboxylic acids is 1. The number of carboxylic acids is 1. The van der Waals surface area contributed by atoms with Crippen LogP contribution in [0.25, 0.3) is 0 Å². The topological polar surface area (TPSA) is 77.8 Å². The van der Waals surface area contributed by atoms with Crippen molar-refractivity contribution < 1.29 is 20.1 Å².